The van der Waals surface area contributed by atoms with Gasteiger partial charge in [0, 0.05) is 24.7 Å². The van der Waals surface area contributed by atoms with Gasteiger partial charge in [-0.2, -0.15) is 0 Å². The van der Waals surface area contributed by atoms with Gasteiger partial charge in [-0.15, -0.1) is 0 Å². The predicted molar refractivity (Wildman–Crippen MR) is 84.0 cm³/mol. The van der Waals surface area contributed by atoms with Crippen LogP contribution in [0, 0.1) is 5.41 Å². The SMILES string of the molecule is CCC(N)C(N1CCOCC1C(=O)NC1CC1)C(C)(C)C. The summed E-state index contributed by atoms with van der Waals surface area (Å²) in [4.78, 5) is 14.8. The Morgan fingerprint density at radius 3 is 2.62 bits per heavy atom. The van der Waals surface area contributed by atoms with Crippen LogP contribution in [-0.2, 0) is 9.53 Å². The molecule has 3 unspecified atom stereocenters. The lowest BCUT2D eigenvalue weighted by Crippen LogP contribution is -2.64. The van der Waals surface area contributed by atoms with Crippen molar-refractivity contribution in [3.05, 3.63) is 0 Å². The molecule has 2 aliphatic rings. The molecule has 5 nitrogen and oxygen atoms in total. The van der Waals surface area contributed by atoms with Crippen molar-refractivity contribution >= 4 is 5.91 Å². The van der Waals surface area contributed by atoms with Gasteiger partial charge in [-0.05, 0) is 24.7 Å². The zero-order valence-corrected chi connectivity index (χ0v) is 13.9. The van der Waals surface area contributed by atoms with Crippen LogP contribution in [0.5, 0.6) is 0 Å². The van der Waals surface area contributed by atoms with E-state index in [1.54, 1.807) is 0 Å². The summed E-state index contributed by atoms with van der Waals surface area (Å²) in [5.74, 6) is 0.106. The molecule has 0 radical (unpaired) electrons. The first-order valence-electron chi connectivity index (χ1n) is 8.24. The van der Waals surface area contributed by atoms with Crippen LogP contribution in [-0.4, -0.2) is 54.7 Å². The standard InChI is InChI=1S/C16H31N3O2/c1-5-12(17)14(16(2,3)4)19-8-9-21-10-13(19)15(20)18-11-6-7-11/h11-14H,5-10,17H2,1-4H3,(H,18,20). The molecule has 122 valence electrons. The molecule has 3 atom stereocenters. The van der Waals surface area contributed by atoms with Gasteiger partial charge in [0.25, 0.3) is 0 Å². The van der Waals surface area contributed by atoms with Crippen molar-refractivity contribution in [1.82, 2.24) is 10.2 Å². The molecule has 3 N–H and O–H groups in total. The van der Waals surface area contributed by atoms with E-state index in [4.69, 9.17) is 10.5 Å². The quantitative estimate of drug-likeness (QED) is 0.798. The molecule has 21 heavy (non-hydrogen) atoms. The molecule has 0 bridgehead atoms. The van der Waals surface area contributed by atoms with Gasteiger partial charge in [-0.1, -0.05) is 27.7 Å². The summed E-state index contributed by atoms with van der Waals surface area (Å²) in [7, 11) is 0. The van der Waals surface area contributed by atoms with Gasteiger partial charge in [-0.3, -0.25) is 9.69 Å². The first kappa shape index (κ1) is 16.7. The molecule has 0 spiro atoms. The minimum Gasteiger partial charge on any atom is -0.378 e. The number of rotatable bonds is 5. The highest BCUT2D eigenvalue weighted by Crippen LogP contribution is 2.30. The molecule has 5 heteroatoms. The molecular weight excluding hydrogens is 266 g/mol. The molecule has 2 rings (SSSR count). The van der Waals surface area contributed by atoms with Crippen LogP contribution in [0.2, 0.25) is 0 Å². The maximum atomic E-state index is 12.5. The number of hydrogen-bond acceptors (Lipinski definition) is 4. The smallest absolute Gasteiger partial charge is 0.239 e. The average Bonchev–Trinajstić information content (AvgIpc) is 3.21. The lowest BCUT2D eigenvalue weighted by molar-refractivity contribution is -0.137. The van der Waals surface area contributed by atoms with E-state index < -0.39 is 0 Å². The third-order valence-corrected chi connectivity index (χ3v) is 4.52. The Hall–Kier alpha value is -0.650. The van der Waals surface area contributed by atoms with Gasteiger partial charge in [-0.25, -0.2) is 0 Å². The number of nitrogens with one attached hydrogen (secondary N) is 1. The maximum Gasteiger partial charge on any atom is 0.239 e. The van der Waals surface area contributed by atoms with Crippen molar-refractivity contribution in [1.29, 1.82) is 0 Å². The highest BCUT2D eigenvalue weighted by molar-refractivity contribution is 5.82. The van der Waals surface area contributed by atoms with Crippen LogP contribution in [0.3, 0.4) is 0 Å². The van der Waals surface area contributed by atoms with Crippen molar-refractivity contribution in [3.8, 4) is 0 Å². The molecule has 1 aliphatic carbocycles. The van der Waals surface area contributed by atoms with Gasteiger partial charge in [0.05, 0.1) is 13.2 Å². The summed E-state index contributed by atoms with van der Waals surface area (Å²) >= 11 is 0. The molecule has 1 aliphatic heterocycles. The topological polar surface area (TPSA) is 67.6 Å². The number of nitrogens with two attached hydrogens (primary N) is 1. The lowest BCUT2D eigenvalue weighted by Gasteiger charge is -2.48. The Bertz CT molecular complexity index is 363. The monoisotopic (exact) mass is 297 g/mol. The largest absolute Gasteiger partial charge is 0.378 e. The van der Waals surface area contributed by atoms with E-state index in [9.17, 15) is 4.79 Å². The minimum absolute atomic E-state index is 0.0326. The van der Waals surface area contributed by atoms with Crippen LogP contribution in [0.4, 0.5) is 0 Å². The summed E-state index contributed by atoms with van der Waals surface area (Å²) in [6.45, 7) is 10.7. The zero-order chi connectivity index (χ0) is 15.6. The fourth-order valence-corrected chi connectivity index (χ4v) is 3.31. The fourth-order valence-electron chi connectivity index (χ4n) is 3.31. The van der Waals surface area contributed by atoms with E-state index in [1.165, 1.54) is 0 Å². The third-order valence-electron chi connectivity index (χ3n) is 4.52. The van der Waals surface area contributed by atoms with Crippen LogP contribution in [0.1, 0.15) is 47.0 Å². The number of morpholine rings is 1. The number of hydrogen-bond donors (Lipinski definition) is 2. The van der Waals surface area contributed by atoms with E-state index in [-0.39, 0.29) is 29.4 Å². The van der Waals surface area contributed by atoms with Gasteiger partial charge in [0.15, 0.2) is 0 Å². The summed E-state index contributed by atoms with van der Waals surface area (Å²) in [5, 5.41) is 3.12. The number of carbonyl (C=O) groups is 1. The van der Waals surface area contributed by atoms with Crippen LogP contribution >= 0.6 is 0 Å². The van der Waals surface area contributed by atoms with E-state index in [1.807, 2.05) is 0 Å². The second kappa shape index (κ2) is 6.63. The molecule has 1 heterocycles. The average molecular weight is 297 g/mol. The number of amides is 1. The number of ether oxygens (including phenoxy) is 1. The third kappa shape index (κ3) is 4.18. The fraction of sp³-hybridized carbons (Fsp3) is 0.938. The van der Waals surface area contributed by atoms with Crippen molar-refractivity contribution in [3.63, 3.8) is 0 Å². The Morgan fingerprint density at radius 2 is 2.10 bits per heavy atom. The van der Waals surface area contributed by atoms with Gasteiger partial charge in [0.1, 0.15) is 6.04 Å². The van der Waals surface area contributed by atoms with Gasteiger partial charge >= 0.3 is 0 Å². The highest BCUT2D eigenvalue weighted by atomic mass is 16.5. The molecule has 1 saturated heterocycles. The van der Waals surface area contributed by atoms with Crippen molar-refractivity contribution in [2.45, 2.75) is 71.1 Å². The van der Waals surface area contributed by atoms with E-state index in [0.29, 0.717) is 19.3 Å². The van der Waals surface area contributed by atoms with Gasteiger partial charge < -0.3 is 15.8 Å². The lowest BCUT2D eigenvalue weighted by atomic mass is 9.79. The first-order valence-corrected chi connectivity index (χ1v) is 8.24. The highest BCUT2D eigenvalue weighted by Gasteiger charge is 2.42. The van der Waals surface area contributed by atoms with E-state index in [0.717, 1.165) is 25.8 Å². The molecule has 2 fully saturated rings. The van der Waals surface area contributed by atoms with Crippen LogP contribution < -0.4 is 11.1 Å². The van der Waals surface area contributed by atoms with E-state index in [2.05, 4.69) is 37.9 Å². The summed E-state index contributed by atoms with van der Waals surface area (Å²) < 4.78 is 5.57. The first-order chi connectivity index (χ1) is 9.84. The molecule has 0 aromatic rings. The van der Waals surface area contributed by atoms with Crippen LogP contribution in [0.25, 0.3) is 0 Å². The Labute approximate surface area is 128 Å². The molecule has 0 aromatic carbocycles. The van der Waals surface area contributed by atoms with E-state index >= 15 is 0 Å². The second-order valence-corrected chi connectivity index (χ2v) is 7.49. The number of carbonyl (C=O) groups excluding carboxylic acids is 1. The van der Waals surface area contributed by atoms with Crippen molar-refractivity contribution < 1.29 is 9.53 Å². The Balaban J connectivity index is 2.15. The molecule has 1 amide bonds. The second-order valence-electron chi connectivity index (χ2n) is 7.49. The summed E-state index contributed by atoms with van der Waals surface area (Å²) in [6.07, 6.45) is 3.13. The minimum atomic E-state index is -0.207. The molecular formula is C16H31N3O2. The maximum absolute atomic E-state index is 12.5. The van der Waals surface area contributed by atoms with Crippen LogP contribution in [0.15, 0.2) is 0 Å². The predicted octanol–water partition coefficient (Wildman–Crippen LogP) is 1.12. The van der Waals surface area contributed by atoms with Crippen molar-refractivity contribution in [2.24, 2.45) is 11.1 Å². The summed E-state index contributed by atoms with van der Waals surface area (Å²) in [6, 6.07) is 0.427. The Morgan fingerprint density at radius 1 is 1.43 bits per heavy atom. The zero-order valence-electron chi connectivity index (χ0n) is 13.9. The van der Waals surface area contributed by atoms with Gasteiger partial charge in [0.2, 0.25) is 5.91 Å². The molecule has 0 aromatic heterocycles. The Kier molecular flexibility index (Phi) is 5.28. The number of nitrogens with zero attached hydrogens (tertiary/aromatic N) is 1. The van der Waals surface area contributed by atoms with Crippen molar-refractivity contribution in [2.75, 3.05) is 19.8 Å². The molecule has 1 saturated carbocycles. The normalized spacial score (nSPS) is 27.2. The summed E-state index contributed by atoms with van der Waals surface area (Å²) in [5.41, 5.74) is 6.43.